The van der Waals surface area contributed by atoms with Crippen molar-refractivity contribution in [3.05, 3.63) is 35.6 Å². The van der Waals surface area contributed by atoms with E-state index in [0.717, 1.165) is 12.5 Å². The molecule has 0 aliphatic heterocycles. The van der Waals surface area contributed by atoms with Crippen molar-refractivity contribution in [1.29, 1.82) is 0 Å². The van der Waals surface area contributed by atoms with Crippen LogP contribution in [-0.4, -0.2) is 38.3 Å². The fourth-order valence-corrected chi connectivity index (χ4v) is 1.48. The predicted molar refractivity (Wildman–Crippen MR) is 78.9 cm³/mol. The van der Waals surface area contributed by atoms with Gasteiger partial charge in [0.2, 0.25) is 0 Å². The number of benzene rings is 1. The average molecular weight is 296 g/mol. The second-order valence-electron chi connectivity index (χ2n) is 4.20. The molecule has 0 unspecified atom stereocenters. The van der Waals surface area contributed by atoms with Crippen molar-refractivity contribution >= 4 is 11.9 Å². The van der Waals surface area contributed by atoms with Crippen molar-refractivity contribution in [1.82, 2.24) is 5.32 Å². The summed E-state index contributed by atoms with van der Waals surface area (Å²) in [4.78, 5) is 16.1. The number of hydrogen-bond acceptors (Lipinski definition) is 4. The molecule has 5 nitrogen and oxygen atoms in total. The zero-order chi connectivity index (χ0) is 15.5. The topological polar surface area (TPSA) is 59.9 Å². The Morgan fingerprint density at radius 2 is 2.14 bits per heavy atom. The Balaban J connectivity index is 2.60. The number of hydrogen-bond donors (Lipinski definition) is 1. The van der Waals surface area contributed by atoms with Crippen LogP contribution in [-0.2, 0) is 9.47 Å². The van der Waals surface area contributed by atoms with Crippen LogP contribution in [0, 0.1) is 5.82 Å². The van der Waals surface area contributed by atoms with Crippen molar-refractivity contribution in [3.8, 4) is 0 Å². The van der Waals surface area contributed by atoms with Gasteiger partial charge < -0.3 is 9.47 Å². The van der Waals surface area contributed by atoms with Crippen molar-refractivity contribution in [3.63, 3.8) is 0 Å². The van der Waals surface area contributed by atoms with Crippen molar-refractivity contribution in [2.45, 2.75) is 20.3 Å². The van der Waals surface area contributed by atoms with Gasteiger partial charge >= 0.3 is 0 Å². The molecule has 0 radical (unpaired) electrons. The first-order valence-corrected chi connectivity index (χ1v) is 6.99. The van der Waals surface area contributed by atoms with E-state index in [-0.39, 0.29) is 11.6 Å². The zero-order valence-corrected chi connectivity index (χ0v) is 12.4. The van der Waals surface area contributed by atoms with Gasteiger partial charge in [0.25, 0.3) is 11.9 Å². The van der Waals surface area contributed by atoms with Crippen molar-refractivity contribution in [2.75, 3.05) is 26.4 Å². The van der Waals surface area contributed by atoms with E-state index in [1.54, 1.807) is 0 Å². The number of amides is 1. The quantitative estimate of drug-likeness (QED) is 0.477. The lowest BCUT2D eigenvalue weighted by molar-refractivity contribution is 0.0921. The maximum Gasteiger partial charge on any atom is 0.291 e. The molecule has 1 N–H and O–H groups in total. The molecular weight excluding hydrogens is 275 g/mol. The maximum absolute atomic E-state index is 13.1. The molecule has 116 valence electrons. The Kier molecular flexibility index (Phi) is 8.04. The number of rotatable bonds is 7. The fraction of sp³-hybridized carbons (Fsp3) is 0.467. The third kappa shape index (κ3) is 6.85. The summed E-state index contributed by atoms with van der Waals surface area (Å²) in [6, 6.07) is 5.57. The number of aliphatic imine (C=N–C) groups is 1. The zero-order valence-electron chi connectivity index (χ0n) is 12.4. The van der Waals surface area contributed by atoms with Gasteiger partial charge in [-0.25, -0.2) is 9.38 Å². The SMILES string of the molecule is CCCN=C(NC(=O)c1cccc(F)c1)OCCOCC. The van der Waals surface area contributed by atoms with Crippen LogP contribution in [0.15, 0.2) is 29.3 Å². The van der Waals surface area contributed by atoms with Crippen LogP contribution in [0.1, 0.15) is 30.6 Å². The Bertz CT molecular complexity index is 478. The predicted octanol–water partition coefficient (Wildman–Crippen LogP) is 2.37. The highest BCUT2D eigenvalue weighted by atomic mass is 19.1. The van der Waals surface area contributed by atoms with Gasteiger partial charge in [0.15, 0.2) is 0 Å². The molecule has 1 aromatic carbocycles. The molecule has 1 aromatic rings. The van der Waals surface area contributed by atoms with E-state index in [9.17, 15) is 9.18 Å². The first-order chi connectivity index (χ1) is 10.2. The molecule has 0 saturated carbocycles. The molecule has 0 heterocycles. The summed E-state index contributed by atoms with van der Waals surface area (Å²) >= 11 is 0. The van der Waals surface area contributed by atoms with E-state index >= 15 is 0 Å². The standard InChI is InChI=1S/C15H21FN2O3/c1-3-8-17-15(21-10-9-20-4-2)18-14(19)12-6-5-7-13(16)11-12/h5-7,11H,3-4,8-10H2,1-2H3,(H,17,18,19). The molecule has 21 heavy (non-hydrogen) atoms. The molecule has 0 aliphatic carbocycles. The minimum atomic E-state index is -0.466. The number of carbonyl (C=O) groups excluding carboxylic acids is 1. The second-order valence-corrected chi connectivity index (χ2v) is 4.20. The lowest BCUT2D eigenvalue weighted by Gasteiger charge is -2.11. The van der Waals surface area contributed by atoms with Crippen LogP contribution in [0.25, 0.3) is 0 Å². The molecule has 0 atom stereocenters. The second kappa shape index (κ2) is 9.88. The lowest BCUT2D eigenvalue weighted by Crippen LogP contribution is -2.33. The van der Waals surface area contributed by atoms with Gasteiger partial charge in [-0.1, -0.05) is 13.0 Å². The Hall–Kier alpha value is -1.95. The third-order valence-corrected chi connectivity index (χ3v) is 2.46. The van der Waals surface area contributed by atoms with Crippen LogP contribution in [0.5, 0.6) is 0 Å². The fourth-order valence-electron chi connectivity index (χ4n) is 1.48. The van der Waals surface area contributed by atoms with Gasteiger partial charge in [-0.15, -0.1) is 0 Å². The minimum absolute atomic E-state index is 0.130. The highest BCUT2D eigenvalue weighted by molar-refractivity contribution is 6.04. The highest BCUT2D eigenvalue weighted by Crippen LogP contribution is 2.03. The van der Waals surface area contributed by atoms with Crippen LogP contribution in [0.3, 0.4) is 0 Å². The summed E-state index contributed by atoms with van der Waals surface area (Å²) in [5.41, 5.74) is 0.215. The number of nitrogens with zero attached hydrogens (tertiary/aromatic N) is 1. The minimum Gasteiger partial charge on any atom is -0.463 e. The summed E-state index contributed by atoms with van der Waals surface area (Å²) in [6.07, 6.45) is 0.828. The average Bonchev–Trinajstić information content (AvgIpc) is 2.48. The normalized spacial score (nSPS) is 11.3. The number of ether oxygens (including phenoxy) is 2. The number of amidine groups is 1. The number of nitrogens with one attached hydrogen (secondary N) is 1. The monoisotopic (exact) mass is 296 g/mol. The Morgan fingerprint density at radius 1 is 1.33 bits per heavy atom. The van der Waals surface area contributed by atoms with Crippen LogP contribution < -0.4 is 5.32 Å². The number of carbonyl (C=O) groups is 1. The van der Waals surface area contributed by atoms with Crippen LogP contribution >= 0.6 is 0 Å². The molecule has 0 spiro atoms. The molecule has 0 aromatic heterocycles. The molecule has 1 amide bonds. The van der Waals surface area contributed by atoms with Crippen LogP contribution in [0.4, 0.5) is 4.39 Å². The summed E-state index contributed by atoms with van der Waals surface area (Å²) in [7, 11) is 0. The number of halogens is 1. The van der Waals surface area contributed by atoms with Gasteiger partial charge in [0, 0.05) is 18.7 Å². The smallest absolute Gasteiger partial charge is 0.291 e. The molecule has 0 saturated heterocycles. The van der Waals surface area contributed by atoms with Gasteiger partial charge in [0.1, 0.15) is 12.4 Å². The first-order valence-electron chi connectivity index (χ1n) is 6.99. The van der Waals surface area contributed by atoms with E-state index in [4.69, 9.17) is 9.47 Å². The molecule has 0 fully saturated rings. The lowest BCUT2D eigenvalue weighted by atomic mass is 10.2. The Morgan fingerprint density at radius 3 is 2.81 bits per heavy atom. The van der Waals surface area contributed by atoms with E-state index in [0.29, 0.717) is 26.4 Å². The van der Waals surface area contributed by atoms with E-state index in [1.807, 2.05) is 13.8 Å². The summed E-state index contributed by atoms with van der Waals surface area (Å²) in [6.45, 7) is 5.69. The summed E-state index contributed by atoms with van der Waals surface area (Å²) < 4.78 is 23.6. The van der Waals surface area contributed by atoms with Crippen molar-refractivity contribution in [2.24, 2.45) is 4.99 Å². The summed E-state index contributed by atoms with van der Waals surface area (Å²) in [5.74, 6) is -0.923. The first kappa shape index (κ1) is 17.1. The van der Waals surface area contributed by atoms with Crippen molar-refractivity contribution < 1.29 is 18.7 Å². The van der Waals surface area contributed by atoms with E-state index in [2.05, 4.69) is 10.3 Å². The maximum atomic E-state index is 13.1. The van der Waals surface area contributed by atoms with Gasteiger partial charge in [-0.05, 0) is 31.5 Å². The molecule has 6 heteroatoms. The molecular formula is C15H21FN2O3. The molecule has 1 rings (SSSR count). The highest BCUT2D eigenvalue weighted by Gasteiger charge is 2.10. The van der Waals surface area contributed by atoms with E-state index in [1.165, 1.54) is 18.2 Å². The largest absolute Gasteiger partial charge is 0.463 e. The van der Waals surface area contributed by atoms with Crippen LogP contribution in [0.2, 0.25) is 0 Å². The third-order valence-electron chi connectivity index (χ3n) is 2.46. The van der Waals surface area contributed by atoms with Gasteiger partial charge in [-0.3, -0.25) is 10.1 Å². The molecule has 0 bridgehead atoms. The summed E-state index contributed by atoms with van der Waals surface area (Å²) in [5, 5.41) is 2.54. The molecule has 0 aliphatic rings. The van der Waals surface area contributed by atoms with E-state index < -0.39 is 11.7 Å². The van der Waals surface area contributed by atoms with Gasteiger partial charge in [-0.2, -0.15) is 0 Å². The van der Waals surface area contributed by atoms with Gasteiger partial charge in [0.05, 0.1) is 6.61 Å². The Labute approximate surface area is 124 Å².